The van der Waals surface area contributed by atoms with Crippen LogP contribution in [0.4, 0.5) is 0 Å². The number of benzene rings is 2. The zero-order chi connectivity index (χ0) is 20.6. The van der Waals surface area contributed by atoms with Gasteiger partial charge in [-0.1, -0.05) is 55.5 Å². The number of hydrogen-bond acceptors (Lipinski definition) is 3. The normalized spacial score (nSPS) is 11.7. The number of aryl methyl sites for hydroxylation is 1. The first kappa shape index (κ1) is 25.4. The van der Waals surface area contributed by atoms with Crippen LogP contribution in [0.25, 0.3) is 0 Å². The van der Waals surface area contributed by atoms with Crippen LogP contribution in [-0.4, -0.2) is 40.4 Å². The Bertz CT molecular complexity index is 882. The molecule has 6 nitrogen and oxygen atoms in total. The van der Waals surface area contributed by atoms with Crippen molar-refractivity contribution in [3.05, 3.63) is 70.8 Å². The molecule has 160 valence electrons. The van der Waals surface area contributed by atoms with E-state index in [4.69, 9.17) is 0 Å². The van der Waals surface area contributed by atoms with Gasteiger partial charge in [0, 0.05) is 27.2 Å². The van der Waals surface area contributed by atoms with Gasteiger partial charge in [-0.25, -0.2) is 13.1 Å². The Morgan fingerprint density at radius 1 is 0.966 bits per heavy atom. The smallest absolute Gasteiger partial charge is 0.215 e. The summed E-state index contributed by atoms with van der Waals surface area (Å²) in [6, 6.07) is 16.2. The third-order valence-electron chi connectivity index (χ3n) is 4.57. The van der Waals surface area contributed by atoms with Gasteiger partial charge >= 0.3 is 0 Å². The van der Waals surface area contributed by atoms with Gasteiger partial charge in [-0.05, 0) is 35.7 Å². The number of aliphatic imine (C=N–C) groups is 1. The SMILES string of the molecule is CCc1ccc(CN(C)C(=NC)NCc2ccc(CS(=O)(=O)NC)cc2)cc1.I. The third kappa shape index (κ3) is 8.31. The highest BCUT2D eigenvalue weighted by molar-refractivity contribution is 14.0. The number of hydrogen-bond donors (Lipinski definition) is 2. The van der Waals surface area contributed by atoms with Gasteiger partial charge < -0.3 is 10.2 Å². The highest BCUT2D eigenvalue weighted by atomic mass is 127. The van der Waals surface area contributed by atoms with Crippen molar-refractivity contribution in [1.29, 1.82) is 0 Å². The minimum atomic E-state index is -3.25. The van der Waals surface area contributed by atoms with Crippen LogP contribution in [0.3, 0.4) is 0 Å². The van der Waals surface area contributed by atoms with Crippen LogP contribution in [0, 0.1) is 0 Å². The fraction of sp³-hybridized carbons (Fsp3) is 0.381. The summed E-state index contributed by atoms with van der Waals surface area (Å²) in [7, 11) is 1.95. The molecular weight excluding hydrogens is 499 g/mol. The van der Waals surface area contributed by atoms with Crippen molar-refractivity contribution in [2.75, 3.05) is 21.1 Å². The summed E-state index contributed by atoms with van der Waals surface area (Å²) in [6.45, 7) is 3.54. The fourth-order valence-corrected chi connectivity index (χ4v) is 3.62. The summed E-state index contributed by atoms with van der Waals surface area (Å²) in [5, 5.41) is 3.35. The van der Waals surface area contributed by atoms with Crippen molar-refractivity contribution >= 4 is 40.0 Å². The predicted molar refractivity (Wildman–Crippen MR) is 131 cm³/mol. The Morgan fingerprint density at radius 3 is 2.00 bits per heavy atom. The predicted octanol–water partition coefficient (Wildman–Crippen LogP) is 3.12. The van der Waals surface area contributed by atoms with Crippen LogP contribution in [0.1, 0.15) is 29.2 Å². The molecule has 2 aromatic carbocycles. The summed E-state index contributed by atoms with van der Waals surface area (Å²) in [4.78, 5) is 6.43. The zero-order valence-corrected chi connectivity index (χ0v) is 20.6. The molecule has 2 aromatic rings. The van der Waals surface area contributed by atoms with E-state index in [1.807, 2.05) is 31.3 Å². The van der Waals surface area contributed by atoms with E-state index in [0.29, 0.717) is 6.54 Å². The molecular formula is C21H31IN4O2S. The zero-order valence-electron chi connectivity index (χ0n) is 17.5. The number of guanidine groups is 1. The Balaban J connectivity index is 0.00000420. The lowest BCUT2D eigenvalue weighted by molar-refractivity contribution is 0.476. The molecule has 0 unspecified atom stereocenters. The molecule has 8 heteroatoms. The molecule has 0 aromatic heterocycles. The van der Waals surface area contributed by atoms with E-state index < -0.39 is 10.0 Å². The largest absolute Gasteiger partial charge is 0.352 e. The Morgan fingerprint density at radius 2 is 1.48 bits per heavy atom. The van der Waals surface area contributed by atoms with Crippen molar-refractivity contribution in [2.24, 2.45) is 4.99 Å². The number of nitrogens with zero attached hydrogens (tertiary/aromatic N) is 2. The van der Waals surface area contributed by atoms with Crippen LogP contribution in [0.5, 0.6) is 0 Å². The number of halogens is 1. The molecule has 0 radical (unpaired) electrons. The van der Waals surface area contributed by atoms with Gasteiger partial charge in [-0.3, -0.25) is 4.99 Å². The Kier molecular flexibility index (Phi) is 10.6. The summed E-state index contributed by atoms with van der Waals surface area (Å²) in [5.74, 6) is 0.791. The summed E-state index contributed by atoms with van der Waals surface area (Å²) < 4.78 is 25.6. The van der Waals surface area contributed by atoms with E-state index in [0.717, 1.165) is 30.1 Å². The standard InChI is InChI=1S/C21H30N4O2S.HI/c1-5-17-6-10-19(11-7-17)15-25(4)21(22-2)24-14-18-8-12-20(13-9-18)16-28(26,27)23-3;/h6-13,23H,5,14-16H2,1-4H3,(H,22,24);1H. The second-order valence-corrected chi connectivity index (χ2v) is 8.63. The first-order valence-corrected chi connectivity index (χ1v) is 11.0. The third-order valence-corrected chi connectivity index (χ3v) is 5.90. The monoisotopic (exact) mass is 530 g/mol. The lowest BCUT2D eigenvalue weighted by Crippen LogP contribution is -2.38. The lowest BCUT2D eigenvalue weighted by Gasteiger charge is -2.22. The van der Waals surface area contributed by atoms with E-state index in [1.54, 1.807) is 7.05 Å². The summed E-state index contributed by atoms with van der Waals surface area (Å²) >= 11 is 0. The van der Waals surface area contributed by atoms with Gasteiger partial charge in [-0.2, -0.15) is 0 Å². The van der Waals surface area contributed by atoms with Crippen molar-refractivity contribution in [1.82, 2.24) is 14.9 Å². The van der Waals surface area contributed by atoms with Crippen LogP contribution < -0.4 is 10.0 Å². The van der Waals surface area contributed by atoms with E-state index in [1.165, 1.54) is 18.2 Å². The van der Waals surface area contributed by atoms with E-state index >= 15 is 0 Å². The van der Waals surface area contributed by atoms with Gasteiger partial charge in [0.2, 0.25) is 10.0 Å². The molecule has 0 aliphatic carbocycles. The molecule has 0 aliphatic heterocycles. The Hall–Kier alpha value is -1.65. The van der Waals surface area contributed by atoms with Crippen LogP contribution in [-0.2, 0) is 35.3 Å². The van der Waals surface area contributed by atoms with E-state index in [9.17, 15) is 8.42 Å². The quantitative estimate of drug-likeness (QED) is 0.313. The molecule has 29 heavy (non-hydrogen) atoms. The van der Waals surface area contributed by atoms with Crippen molar-refractivity contribution in [3.63, 3.8) is 0 Å². The van der Waals surface area contributed by atoms with E-state index in [2.05, 4.69) is 51.1 Å². The topological polar surface area (TPSA) is 73.8 Å². The molecule has 2 rings (SSSR count). The van der Waals surface area contributed by atoms with Gasteiger partial charge in [0.15, 0.2) is 5.96 Å². The number of nitrogens with one attached hydrogen (secondary N) is 2. The van der Waals surface area contributed by atoms with Gasteiger partial charge in [-0.15, -0.1) is 24.0 Å². The minimum Gasteiger partial charge on any atom is -0.352 e. The molecule has 0 bridgehead atoms. The second-order valence-electron chi connectivity index (χ2n) is 6.71. The first-order chi connectivity index (χ1) is 13.4. The molecule has 0 saturated heterocycles. The first-order valence-electron chi connectivity index (χ1n) is 9.35. The van der Waals surface area contributed by atoms with Gasteiger partial charge in [0.1, 0.15) is 0 Å². The maximum Gasteiger partial charge on any atom is 0.215 e. The molecule has 0 aliphatic rings. The molecule has 0 atom stereocenters. The molecule has 0 heterocycles. The number of sulfonamides is 1. The summed E-state index contributed by atoms with van der Waals surface area (Å²) in [6.07, 6.45) is 1.04. The highest BCUT2D eigenvalue weighted by Crippen LogP contribution is 2.09. The maximum atomic E-state index is 11.6. The fourth-order valence-electron chi connectivity index (χ4n) is 2.84. The molecule has 0 fully saturated rings. The summed E-state index contributed by atoms with van der Waals surface area (Å²) in [5.41, 5.74) is 4.39. The number of rotatable bonds is 8. The molecule has 0 saturated carbocycles. The maximum absolute atomic E-state index is 11.6. The van der Waals surface area contributed by atoms with Crippen LogP contribution in [0.2, 0.25) is 0 Å². The van der Waals surface area contributed by atoms with E-state index in [-0.39, 0.29) is 29.7 Å². The molecule has 0 amide bonds. The van der Waals surface area contributed by atoms with Crippen molar-refractivity contribution in [3.8, 4) is 0 Å². The van der Waals surface area contributed by atoms with Gasteiger partial charge in [0.25, 0.3) is 0 Å². The average molecular weight is 530 g/mol. The minimum absolute atomic E-state index is 0. The molecule has 2 N–H and O–H groups in total. The van der Waals surface area contributed by atoms with Crippen molar-refractivity contribution < 1.29 is 8.42 Å². The second kappa shape index (κ2) is 12.1. The van der Waals surface area contributed by atoms with Crippen molar-refractivity contribution in [2.45, 2.75) is 32.2 Å². The molecule has 0 spiro atoms. The van der Waals surface area contributed by atoms with Crippen LogP contribution >= 0.6 is 24.0 Å². The average Bonchev–Trinajstić information content (AvgIpc) is 2.70. The Labute approximate surface area is 191 Å². The van der Waals surface area contributed by atoms with Crippen LogP contribution in [0.15, 0.2) is 53.5 Å². The highest BCUT2D eigenvalue weighted by Gasteiger charge is 2.09. The van der Waals surface area contributed by atoms with Gasteiger partial charge in [0.05, 0.1) is 5.75 Å². The lowest BCUT2D eigenvalue weighted by atomic mass is 10.1.